The summed E-state index contributed by atoms with van der Waals surface area (Å²) < 4.78 is 2.03. The van der Waals surface area contributed by atoms with E-state index >= 15 is 0 Å². The molecule has 0 radical (unpaired) electrons. The maximum atomic E-state index is 12.7. The molecule has 1 aliphatic heterocycles. The molecule has 7 nitrogen and oxygen atoms in total. The number of amides is 1. The first kappa shape index (κ1) is 17.1. The predicted molar refractivity (Wildman–Crippen MR) is 92.7 cm³/mol. The number of nitriles is 1. The average molecular weight is 338 g/mol. The van der Waals surface area contributed by atoms with Crippen LogP contribution in [0.25, 0.3) is 0 Å². The molecule has 0 spiro atoms. The maximum Gasteiger partial charge on any atom is 0.272 e. The highest BCUT2D eigenvalue weighted by Gasteiger charge is 2.22. The summed E-state index contributed by atoms with van der Waals surface area (Å²) in [6.07, 6.45) is 4.68. The van der Waals surface area contributed by atoms with Crippen molar-refractivity contribution in [1.82, 2.24) is 24.3 Å². The highest BCUT2D eigenvalue weighted by atomic mass is 16.2. The summed E-state index contributed by atoms with van der Waals surface area (Å²) in [4.78, 5) is 25.6. The van der Waals surface area contributed by atoms with Gasteiger partial charge in [-0.3, -0.25) is 9.69 Å². The number of nitrogens with zero attached hydrogens (tertiary/aromatic N) is 6. The normalized spacial score (nSPS) is 15.6. The van der Waals surface area contributed by atoms with Gasteiger partial charge in [0.1, 0.15) is 17.6 Å². The van der Waals surface area contributed by atoms with Gasteiger partial charge in [0, 0.05) is 45.6 Å². The number of hydrogen-bond donors (Lipinski definition) is 0. The zero-order valence-corrected chi connectivity index (χ0v) is 14.6. The van der Waals surface area contributed by atoms with Gasteiger partial charge in [-0.05, 0) is 25.5 Å². The highest BCUT2D eigenvalue weighted by Crippen LogP contribution is 2.12. The predicted octanol–water partition coefficient (Wildman–Crippen LogP) is 1.34. The number of carbonyl (C=O) groups is 1. The van der Waals surface area contributed by atoms with Gasteiger partial charge in [0.25, 0.3) is 5.91 Å². The quantitative estimate of drug-likeness (QED) is 0.844. The number of aromatic nitrogens is 3. The van der Waals surface area contributed by atoms with Gasteiger partial charge in [-0.15, -0.1) is 0 Å². The van der Waals surface area contributed by atoms with Crippen LogP contribution < -0.4 is 0 Å². The van der Waals surface area contributed by atoms with Gasteiger partial charge < -0.3 is 9.47 Å². The Bertz CT molecular complexity index is 806. The molecule has 0 bridgehead atoms. The van der Waals surface area contributed by atoms with Crippen LogP contribution in [0.4, 0.5) is 0 Å². The fourth-order valence-electron chi connectivity index (χ4n) is 3.04. The van der Waals surface area contributed by atoms with E-state index in [0.29, 0.717) is 23.5 Å². The lowest BCUT2D eigenvalue weighted by atomic mass is 10.2. The molecule has 0 aliphatic carbocycles. The van der Waals surface area contributed by atoms with Crippen molar-refractivity contribution in [3.05, 3.63) is 47.3 Å². The minimum Gasteiger partial charge on any atom is -0.337 e. The molecule has 3 heterocycles. The Morgan fingerprint density at radius 2 is 2.12 bits per heavy atom. The van der Waals surface area contributed by atoms with Crippen LogP contribution in [0.1, 0.15) is 34.0 Å². The average Bonchev–Trinajstić information content (AvgIpc) is 2.87. The fourth-order valence-corrected chi connectivity index (χ4v) is 3.04. The number of hydrogen-bond acceptors (Lipinski definition) is 5. The van der Waals surface area contributed by atoms with Crippen LogP contribution >= 0.6 is 0 Å². The van der Waals surface area contributed by atoms with Crippen LogP contribution in [0.15, 0.2) is 24.5 Å². The zero-order valence-electron chi connectivity index (χ0n) is 14.6. The van der Waals surface area contributed by atoms with E-state index in [1.54, 1.807) is 19.1 Å². The van der Waals surface area contributed by atoms with E-state index in [2.05, 4.69) is 20.9 Å². The lowest BCUT2D eigenvalue weighted by molar-refractivity contribution is 0.0755. The molecular weight excluding hydrogens is 316 g/mol. The van der Waals surface area contributed by atoms with Crippen molar-refractivity contribution in [2.24, 2.45) is 7.05 Å². The third-order valence-corrected chi connectivity index (χ3v) is 4.59. The summed E-state index contributed by atoms with van der Waals surface area (Å²) >= 11 is 0. The second-order valence-electron chi connectivity index (χ2n) is 6.32. The largest absolute Gasteiger partial charge is 0.337 e. The molecule has 2 aromatic heterocycles. The smallest absolute Gasteiger partial charge is 0.272 e. The monoisotopic (exact) mass is 338 g/mol. The Morgan fingerprint density at radius 1 is 1.28 bits per heavy atom. The third-order valence-electron chi connectivity index (χ3n) is 4.59. The van der Waals surface area contributed by atoms with E-state index in [1.807, 2.05) is 28.9 Å². The van der Waals surface area contributed by atoms with Crippen molar-refractivity contribution >= 4 is 5.91 Å². The summed E-state index contributed by atoms with van der Waals surface area (Å²) in [5.41, 5.74) is 1.52. The lowest BCUT2D eigenvalue weighted by Crippen LogP contribution is -2.35. The van der Waals surface area contributed by atoms with E-state index in [4.69, 9.17) is 5.26 Å². The summed E-state index contributed by atoms with van der Waals surface area (Å²) in [5, 5.41) is 8.99. The van der Waals surface area contributed by atoms with E-state index in [0.717, 1.165) is 38.4 Å². The summed E-state index contributed by atoms with van der Waals surface area (Å²) in [6, 6.07) is 5.39. The standard InChI is InChI=1S/C18H22N6O/c1-14-15(12-19)4-5-16(21-14)18(25)24-8-3-7-23(10-11-24)13-17-20-6-9-22(17)2/h4-6,9H,3,7-8,10-11,13H2,1-2H3. The Hall–Kier alpha value is -2.72. The van der Waals surface area contributed by atoms with Gasteiger partial charge in [0.2, 0.25) is 0 Å². The minimum absolute atomic E-state index is 0.0635. The fraction of sp³-hybridized carbons (Fsp3) is 0.444. The van der Waals surface area contributed by atoms with Crippen molar-refractivity contribution in [3.8, 4) is 6.07 Å². The van der Waals surface area contributed by atoms with Crippen LogP contribution in [-0.4, -0.2) is 56.4 Å². The molecule has 1 fully saturated rings. The van der Waals surface area contributed by atoms with Gasteiger partial charge in [-0.1, -0.05) is 0 Å². The van der Waals surface area contributed by atoms with Gasteiger partial charge >= 0.3 is 0 Å². The zero-order chi connectivity index (χ0) is 17.8. The van der Waals surface area contributed by atoms with E-state index in [-0.39, 0.29) is 5.91 Å². The number of imidazole rings is 1. The first-order valence-electron chi connectivity index (χ1n) is 8.44. The molecule has 0 unspecified atom stereocenters. The molecule has 3 rings (SSSR count). The van der Waals surface area contributed by atoms with E-state index in [1.165, 1.54) is 0 Å². The molecule has 130 valence electrons. The van der Waals surface area contributed by atoms with Crippen molar-refractivity contribution in [1.29, 1.82) is 5.26 Å². The number of aryl methyl sites for hydroxylation is 2. The molecule has 0 aromatic carbocycles. The lowest BCUT2D eigenvalue weighted by Gasteiger charge is -2.21. The number of pyridine rings is 1. The van der Waals surface area contributed by atoms with E-state index in [9.17, 15) is 4.79 Å². The van der Waals surface area contributed by atoms with Gasteiger partial charge in [0.05, 0.1) is 17.8 Å². The maximum absolute atomic E-state index is 12.7. The second kappa shape index (κ2) is 7.45. The van der Waals surface area contributed by atoms with Crippen LogP contribution in [0.3, 0.4) is 0 Å². The first-order chi connectivity index (χ1) is 12.1. The van der Waals surface area contributed by atoms with Crippen LogP contribution in [0.5, 0.6) is 0 Å². The molecular formula is C18H22N6O. The van der Waals surface area contributed by atoms with Crippen molar-refractivity contribution in [2.45, 2.75) is 19.9 Å². The summed E-state index contributed by atoms with van der Waals surface area (Å²) in [6.45, 7) is 5.69. The van der Waals surface area contributed by atoms with E-state index < -0.39 is 0 Å². The molecule has 2 aromatic rings. The molecule has 0 N–H and O–H groups in total. The van der Waals surface area contributed by atoms with Crippen LogP contribution in [0, 0.1) is 18.3 Å². The summed E-state index contributed by atoms with van der Waals surface area (Å²) in [7, 11) is 1.99. The molecule has 1 aliphatic rings. The molecule has 1 amide bonds. The minimum atomic E-state index is -0.0635. The first-order valence-corrected chi connectivity index (χ1v) is 8.44. The van der Waals surface area contributed by atoms with Gasteiger partial charge in [0.15, 0.2) is 0 Å². The molecule has 25 heavy (non-hydrogen) atoms. The Balaban J connectivity index is 1.64. The van der Waals surface area contributed by atoms with Crippen molar-refractivity contribution < 1.29 is 4.79 Å². The summed E-state index contributed by atoms with van der Waals surface area (Å²) in [5.74, 6) is 0.968. The third kappa shape index (κ3) is 3.86. The SMILES string of the molecule is Cc1nc(C(=O)N2CCCN(Cc3nccn3C)CC2)ccc1C#N. The Morgan fingerprint density at radius 3 is 2.80 bits per heavy atom. The Kier molecular flexibility index (Phi) is 5.10. The van der Waals surface area contributed by atoms with Gasteiger partial charge in [-0.2, -0.15) is 5.26 Å². The topological polar surface area (TPSA) is 78.1 Å². The van der Waals surface area contributed by atoms with Crippen molar-refractivity contribution in [3.63, 3.8) is 0 Å². The molecule has 0 saturated carbocycles. The molecule has 7 heteroatoms. The van der Waals surface area contributed by atoms with Gasteiger partial charge in [-0.25, -0.2) is 9.97 Å². The van der Waals surface area contributed by atoms with Crippen LogP contribution in [-0.2, 0) is 13.6 Å². The second-order valence-corrected chi connectivity index (χ2v) is 6.32. The highest BCUT2D eigenvalue weighted by molar-refractivity contribution is 5.92. The number of rotatable bonds is 3. The van der Waals surface area contributed by atoms with Crippen LogP contribution in [0.2, 0.25) is 0 Å². The Labute approximate surface area is 147 Å². The van der Waals surface area contributed by atoms with Crippen molar-refractivity contribution in [2.75, 3.05) is 26.2 Å². The molecule has 1 saturated heterocycles. The number of carbonyl (C=O) groups excluding carboxylic acids is 1. The molecule has 0 atom stereocenters.